The van der Waals surface area contributed by atoms with E-state index in [2.05, 4.69) is 20.4 Å². The second kappa shape index (κ2) is 6.95. The van der Waals surface area contributed by atoms with E-state index in [9.17, 15) is 4.79 Å². The molecule has 1 saturated heterocycles. The van der Waals surface area contributed by atoms with E-state index in [0.717, 1.165) is 24.1 Å². The van der Waals surface area contributed by atoms with Crippen molar-refractivity contribution in [2.24, 2.45) is 7.05 Å². The van der Waals surface area contributed by atoms with Crippen LogP contribution in [0, 0.1) is 0 Å². The molecule has 3 aromatic rings. The number of piperidine rings is 1. The van der Waals surface area contributed by atoms with Crippen molar-refractivity contribution >= 4 is 17.5 Å². The summed E-state index contributed by atoms with van der Waals surface area (Å²) < 4.78 is 1.70. The number of aromatic nitrogens is 4. The number of anilines is 2. The molecular weight excluding hydrogens is 328 g/mol. The SMILES string of the molecule is Cn1ccc(N2CCCC(Nc3cc(-c4ccccc4)ncn3)C2=O)n1. The van der Waals surface area contributed by atoms with Crippen molar-refractivity contribution in [3.63, 3.8) is 0 Å². The van der Waals surface area contributed by atoms with E-state index in [0.29, 0.717) is 18.2 Å². The quantitative estimate of drug-likeness (QED) is 0.784. The van der Waals surface area contributed by atoms with Crippen LogP contribution >= 0.6 is 0 Å². The van der Waals surface area contributed by atoms with Crippen LogP contribution in [0.4, 0.5) is 11.6 Å². The van der Waals surface area contributed by atoms with Crippen molar-refractivity contribution in [2.75, 3.05) is 16.8 Å². The molecule has 0 saturated carbocycles. The predicted molar refractivity (Wildman–Crippen MR) is 99.7 cm³/mol. The van der Waals surface area contributed by atoms with E-state index in [1.165, 1.54) is 6.33 Å². The van der Waals surface area contributed by atoms with Gasteiger partial charge >= 0.3 is 0 Å². The summed E-state index contributed by atoms with van der Waals surface area (Å²) in [6, 6.07) is 13.3. The molecule has 0 aliphatic carbocycles. The van der Waals surface area contributed by atoms with Crippen LogP contribution in [0.5, 0.6) is 0 Å². The van der Waals surface area contributed by atoms with Crippen LogP contribution in [-0.4, -0.2) is 38.2 Å². The molecule has 1 N–H and O–H groups in total. The van der Waals surface area contributed by atoms with E-state index in [1.54, 1.807) is 9.58 Å². The van der Waals surface area contributed by atoms with Gasteiger partial charge in [-0.3, -0.25) is 14.4 Å². The lowest BCUT2D eigenvalue weighted by Gasteiger charge is -2.31. The molecule has 26 heavy (non-hydrogen) atoms. The molecule has 132 valence electrons. The van der Waals surface area contributed by atoms with Gasteiger partial charge in [-0.25, -0.2) is 9.97 Å². The van der Waals surface area contributed by atoms with Gasteiger partial charge in [-0.2, -0.15) is 5.10 Å². The first-order valence-electron chi connectivity index (χ1n) is 8.66. The summed E-state index contributed by atoms with van der Waals surface area (Å²) in [5.74, 6) is 1.37. The average Bonchev–Trinajstić information content (AvgIpc) is 3.10. The number of benzene rings is 1. The van der Waals surface area contributed by atoms with Crippen LogP contribution < -0.4 is 10.2 Å². The number of hydrogen-bond acceptors (Lipinski definition) is 5. The van der Waals surface area contributed by atoms with E-state index >= 15 is 0 Å². The molecule has 1 aromatic carbocycles. The van der Waals surface area contributed by atoms with E-state index < -0.39 is 0 Å². The summed E-state index contributed by atoms with van der Waals surface area (Å²) in [6.07, 6.45) is 5.05. The van der Waals surface area contributed by atoms with Gasteiger partial charge in [-0.05, 0) is 12.8 Å². The van der Waals surface area contributed by atoms with Crippen LogP contribution in [0.3, 0.4) is 0 Å². The minimum absolute atomic E-state index is 0.0230. The highest BCUT2D eigenvalue weighted by Crippen LogP contribution is 2.23. The highest BCUT2D eigenvalue weighted by atomic mass is 16.2. The monoisotopic (exact) mass is 348 g/mol. The first-order chi connectivity index (χ1) is 12.7. The Hall–Kier alpha value is -3.22. The second-order valence-electron chi connectivity index (χ2n) is 6.33. The van der Waals surface area contributed by atoms with Gasteiger partial charge in [0, 0.05) is 37.5 Å². The minimum atomic E-state index is -0.315. The Bertz CT molecular complexity index is 907. The van der Waals surface area contributed by atoms with Crippen molar-refractivity contribution in [3.8, 4) is 11.3 Å². The van der Waals surface area contributed by atoms with Crippen LogP contribution in [-0.2, 0) is 11.8 Å². The third-order valence-corrected chi connectivity index (χ3v) is 4.47. The van der Waals surface area contributed by atoms with Crippen molar-refractivity contribution < 1.29 is 4.79 Å². The van der Waals surface area contributed by atoms with Crippen molar-refractivity contribution in [1.29, 1.82) is 0 Å². The summed E-state index contributed by atoms with van der Waals surface area (Å²) in [5, 5.41) is 7.62. The standard InChI is InChI=1S/C19H20N6O/c1-24-11-9-18(23-24)25-10-5-8-15(19(25)26)22-17-12-16(20-13-21-17)14-6-3-2-4-7-14/h2-4,6-7,9,11-13,15H,5,8,10H2,1H3,(H,20,21,22). The highest BCUT2D eigenvalue weighted by molar-refractivity contribution is 5.98. The van der Waals surface area contributed by atoms with Gasteiger partial charge < -0.3 is 5.32 Å². The van der Waals surface area contributed by atoms with Crippen molar-refractivity contribution in [1.82, 2.24) is 19.7 Å². The average molecular weight is 348 g/mol. The summed E-state index contributed by atoms with van der Waals surface area (Å²) in [5.41, 5.74) is 1.84. The molecule has 7 heteroatoms. The molecule has 1 unspecified atom stereocenters. The zero-order valence-electron chi connectivity index (χ0n) is 14.5. The fourth-order valence-corrected chi connectivity index (χ4v) is 3.16. The molecule has 0 radical (unpaired) electrons. The number of rotatable bonds is 4. The molecule has 3 heterocycles. The third-order valence-electron chi connectivity index (χ3n) is 4.47. The zero-order chi connectivity index (χ0) is 17.9. The van der Waals surface area contributed by atoms with Crippen molar-refractivity contribution in [2.45, 2.75) is 18.9 Å². The molecular formula is C19H20N6O. The van der Waals surface area contributed by atoms with Crippen LogP contribution in [0.1, 0.15) is 12.8 Å². The smallest absolute Gasteiger partial charge is 0.250 e. The maximum absolute atomic E-state index is 12.9. The maximum Gasteiger partial charge on any atom is 0.250 e. The number of hydrogen-bond donors (Lipinski definition) is 1. The molecule has 0 spiro atoms. The molecule has 1 amide bonds. The molecule has 0 bridgehead atoms. The normalized spacial score (nSPS) is 17.3. The Morgan fingerprint density at radius 2 is 2.00 bits per heavy atom. The van der Waals surface area contributed by atoms with Gasteiger partial charge in [0.15, 0.2) is 5.82 Å². The Kier molecular flexibility index (Phi) is 4.35. The van der Waals surface area contributed by atoms with Crippen LogP contribution in [0.2, 0.25) is 0 Å². The summed E-state index contributed by atoms with van der Waals surface area (Å²) in [4.78, 5) is 23.2. The van der Waals surface area contributed by atoms with E-state index in [-0.39, 0.29) is 11.9 Å². The fraction of sp³-hybridized carbons (Fsp3) is 0.263. The summed E-state index contributed by atoms with van der Waals surface area (Å²) >= 11 is 0. The second-order valence-corrected chi connectivity index (χ2v) is 6.33. The number of aryl methyl sites for hydroxylation is 1. The molecule has 1 fully saturated rings. The maximum atomic E-state index is 12.9. The topological polar surface area (TPSA) is 75.9 Å². The number of nitrogens with one attached hydrogen (secondary N) is 1. The fourth-order valence-electron chi connectivity index (χ4n) is 3.16. The lowest BCUT2D eigenvalue weighted by Crippen LogP contribution is -2.48. The number of carbonyl (C=O) groups is 1. The summed E-state index contributed by atoms with van der Waals surface area (Å²) in [6.45, 7) is 0.688. The Morgan fingerprint density at radius 1 is 1.15 bits per heavy atom. The highest BCUT2D eigenvalue weighted by Gasteiger charge is 2.31. The third kappa shape index (κ3) is 3.28. The van der Waals surface area contributed by atoms with Crippen LogP contribution in [0.15, 0.2) is 55.0 Å². The van der Waals surface area contributed by atoms with Crippen LogP contribution in [0.25, 0.3) is 11.3 Å². The zero-order valence-corrected chi connectivity index (χ0v) is 14.5. The largest absolute Gasteiger partial charge is 0.358 e. The Labute approximate surface area is 151 Å². The van der Waals surface area contributed by atoms with Gasteiger partial charge in [-0.1, -0.05) is 30.3 Å². The number of amides is 1. The van der Waals surface area contributed by atoms with E-state index in [1.807, 2.05) is 55.7 Å². The number of carbonyl (C=O) groups excluding carboxylic acids is 1. The molecule has 2 aromatic heterocycles. The van der Waals surface area contributed by atoms with Gasteiger partial charge in [-0.15, -0.1) is 0 Å². The molecule has 7 nitrogen and oxygen atoms in total. The Balaban J connectivity index is 1.52. The van der Waals surface area contributed by atoms with Gasteiger partial charge in [0.2, 0.25) is 0 Å². The Morgan fingerprint density at radius 3 is 2.77 bits per heavy atom. The molecule has 4 rings (SSSR count). The van der Waals surface area contributed by atoms with Gasteiger partial charge in [0.1, 0.15) is 18.2 Å². The van der Waals surface area contributed by atoms with Crippen molar-refractivity contribution in [3.05, 3.63) is 55.0 Å². The predicted octanol–water partition coefficient (Wildman–Crippen LogP) is 2.48. The first kappa shape index (κ1) is 16.3. The lowest BCUT2D eigenvalue weighted by molar-refractivity contribution is -0.120. The lowest BCUT2D eigenvalue weighted by atomic mass is 10.0. The van der Waals surface area contributed by atoms with Gasteiger partial charge in [0.25, 0.3) is 5.91 Å². The molecule has 1 atom stereocenters. The first-order valence-corrected chi connectivity index (χ1v) is 8.66. The molecule has 1 aliphatic heterocycles. The number of nitrogens with zero attached hydrogens (tertiary/aromatic N) is 5. The van der Waals surface area contributed by atoms with E-state index in [4.69, 9.17) is 0 Å². The minimum Gasteiger partial charge on any atom is -0.358 e. The summed E-state index contributed by atoms with van der Waals surface area (Å²) in [7, 11) is 1.85. The molecule has 1 aliphatic rings. The van der Waals surface area contributed by atoms with Gasteiger partial charge in [0.05, 0.1) is 5.69 Å².